The zero-order chi connectivity index (χ0) is 21.0. The molecule has 1 aromatic heterocycles. The van der Waals surface area contributed by atoms with Gasteiger partial charge in [0.2, 0.25) is 5.69 Å². The summed E-state index contributed by atoms with van der Waals surface area (Å²) in [5.74, 6) is 0. The van der Waals surface area contributed by atoms with E-state index in [0.29, 0.717) is 6.04 Å². The highest BCUT2D eigenvalue weighted by Crippen LogP contribution is 2.34. The van der Waals surface area contributed by atoms with Gasteiger partial charge in [0.1, 0.15) is 7.05 Å². The minimum Gasteiger partial charge on any atom is -0.198 e. The van der Waals surface area contributed by atoms with Crippen LogP contribution < -0.4 is 4.57 Å². The number of hydrogen-bond donors (Lipinski definition) is 0. The second-order valence-corrected chi connectivity index (χ2v) is 9.43. The van der Waals surface area contributed by atoms with Gasteiger partial charge in [-0.1, -0.05) is 38.5 Å². The smallest absolute Gasteiger partial charge is 0.198 e. The second-order valence-electron chi connectivity index (χ2n) is 9.43. The largest absolute Gasteiger partial charge is 0.220 e. The number of pyridine rings is 1. The number of nitrogens with zero attached hydrogens (tertiary/aromatic N) is 1. The molecule has 3 aromatic rings. The van der Waals surface area contributed by atoms with E-state index >= 15 is 0 Å². The Kier molecular flexibility index (Phi) is 4.58. The van der Waals surface area contributed by atoms with E-state index in [1.54, 1.807) is 0 Å². The van der Waals surface area contributed by atoms with Gasteiger partial charge in [-0.25, -0.2) is 0 Å². The molecule has 3 rings (SSSR count). The minimum absolute atomic E-state index is 0.224. The van der Waals surface area contributed by atoms with Crippen LogP contribution in [-0.4, -0.2) is 0 Å². The Morgan fingerprint density at radius 1 is 0.926 bits per heavy atom. The molecule has 0 bridgehead atoms. The van der Waals surface area contributed by atoms with Crippen molar-refractivity contribution in [1.82, 2.24) is 0 Å². The van der Waals surface area contributed by atoms with Crippen molar-refractivity contribution in [2.75, 3.05) is 0 Å². The van der Waals surface area contributed by atoms with E-state index in [1.165, 1.54) is 44.5 Å². The van der Waals surface area contributed by atoms with E-state index in [9.17, 15) is 0 Å². The summed E-state index contributed by atoms with van der Waals surface area (Å²) in [5, 5.41) is 2.25. The fraction of sp³-hybridized carbons (Fsp3) is 0.423. The summed E-state index contributed by atoms with van der Waals surface area (Å²) in [5.41, 5.74) is 10.3. The lowest BCUT2D eigenvalue weighted by Crippen LogP contribution is -2.35. The van der Waals surface area contributed by atoms with Crippen molar-refractivity contribution in [3.63, 3.8) is 0 Å². The predicted octanol–water partition coefficient (Wildman–Crippen LogP) is 6.46. The van der Waals surface area contributed by atoms with E-state index in [2.05, 4.69) is 91.3 Å². The molecule has 0 radical (unpaired) electrons. The normalized spacial score (nSPS) is 12.6. The number of benzene rings is 2. The second kappa shape index (κ2) is 6.78. The molecule has 1 nitrogen and oxygen atoms in total. The first-order valence-electron chi connectivity index (χ1n) is 10.4. The summed E-state index contributed by atoms with van der Waals surface area (Å²) >= 11 is 0. The van der Waals surface area contributed by atoms with E-state index in [-0.39, 0.29) is 5.41 Å². The molecule has 0 N–H and O–H groups in total. The summed E-state index contributed by atoms with van der Waals surface area (Å²) in [6, 6.07) is 9.75. The molecule has 0 saturated carbocycles. The zero-order valence-electron chi connectivity index (χ0n) is 19.5. The fourth-order valence-electron chi connectivity index (χ4n) is 4.05. The maximum Gasteiger partial charge on any atom is 0.220 e. The first-order chi connectivity index (χ1) is 12.9. The monoisotopic (exact) mass is 361 g/mol. The molecule has 2 aromatic carbocycles. The molecule has 0 fully saturated rings. The maximum absolute atomic E-state index is 8.80. The quantitative estimate of drug-likeness (QED) is 0.461. The Balaban J connectivity index is 2.44. The number of rotatable bonds is 2. The van der Waals surface area contributed by atoms with Crippen LogP contribution in [0.1, 0.15) is 55.7 Å². The first kappa shape index (κ1) is 18.2. The summed E-state index contributed by atoms with van der Waals surface area (Å²) in [4.78, 5) is 0. The average molecular weight is 362 g/mol. The van der Waals surface area contributed by atoms with Gasteiger partial charge in [-0.3, -0.25) is 0 Å². The van der Waals surface area contributed by atoms with Gasteiger partial charge in [0, 0.05) is 13.0 Å². The molecular weight excluding hydrogens is 326 g/mol. The summed E-state index contributed by atoms with van der Waals surface area (Å²) in [6.45, 7) is 17.7. The Bertz CT molecular complexity index is 1080. The molecule has 0 unspecified atom stereocenters. The summed E-state index contributed by atoms with van der Waals surface area (Å²) in [7, 11) is 2.09. The van der Waals surface area contributed by atoms with Gasteiger partial charge in [0.05, 0.1) is 12.3 Å². The van der Waals surface area contributed by atoms with Gasteiger partial charge in [0.25, 0.3) is 0 Å². The van der Waals surface area contributed by atoms with E-state index in [1.807, 2.05) is 0 Å². The molecule has 0 saturated heterocycles. The van der Waals surface area contributed by atoms with Gasteiger partial charge in [-0.15, -0.1) is 0 Å². The maximum atomic E-state index is 8.80. The topological polar surface area (TPSA) is 3.88 Å². The van der Waals surface area contributed by atoms with E-state index in [4.69, 9.17) is 1.37 Å². The number of aryl methyl sites for hydroxylation is 3. The minimum atomic E-state index is 0.224. The van der Waals surface area contributed by atoms with Gasteiger partial charge in [-0.05, 0) is 79.3 Å². The standard InChI is InChI=1S/C26H34N/c1-16-10-17(2)20(5)23(11-16)25-24-12-18(3)22(15-26(6,7)8)14-21(24)13-19(4)27(25)9/h10-14H,15H2,1-9H3/q+1/i13D. The number of hydrogen-bond acceptors (Lipinski definition) is 0. The first-order valence-corrected chi connectivity index (χ1v) is 9.91. The Morgan fingerprint density at radius 3 is 2.22 bits per heavy atom. The fourth-order valence-corrected chi connectivity index (χ4v) is 4.05. The lowest BCUT2D eigenvalue weighted by molar-refractivity contribution is -0.665. The van der Waals surface area contributed by atoms with E-state index < -0.39 is 0 Å². The molecule has 0 aliphatic heterocycles. The third-order valence-corrected chi connectivity index (χ3v) is 5.67. The summed E-state index contributed by atoms with van der Waals surface area (Å²) < 4.78 is 11.0. The number of fused-ring (bicyclic) bond motifs is 1. The highest BCUT2D eigenvalue weighted by atomic mass is 14.9. The van der Waals surface area contributed by atoms with Crippen molar-refractivity contribution in [1.29, 1.82) is 0 Å². The van der Waals surface area contributed by atoms with Crippen molar-refractivity contribution in [3.8, 4) is 11.3 Å². The molecule has 142 valence electrons. The van der Waals surface area contributed by atoms with Crippen LogP contribution in [-0.2, 0) is 13.5 Å². The van der Waals surface area contributed by atoms with Crippen LogP contribution in [0.5, 0.6) is 0 Å². The molecule has 0 amide bonds. The predicted molar refractivity (Wildman–Crippen MR) is 117 cm³/mol. The van der Waals surface area contributed by atoms with Crippen molar-refractivity contribution >= 4 is 10.8 Å². The third kappa shape index (κ3) is 3.78. The van der Waals surface area contributed by atoms with Crippen molar-refractivity contribution < 1.29 is 5.94 Å². The lowest BCUT2D eigenvalue weighted by Gasteiger charge is -2.20. The van der Waals surface area contributed by atoms with Gasteiger partial charge in [-0.2, -0.15) is 4.57 Å². The molecule has 0 aliphatic rings. The molecule has 1 heterocycles. The molecule has 1 heteroatoms. The molecular formula is C26H34N+. The van der Waals surface area contributed by atoms with Crippen molar-refractivity contribution in [2.45, 2.75) is 61.8 Å². The Labute approximate surface area is 166 Å². The Hall–Kier alpha value is -2.15. The molecule has 27 heavy (non-hydrogen) atoms. The summed E-state index contributed by atoms with van der Waals surface area (Å²) in [6.07, 6.45) is 1.02. The zero-order valence-corrected chi connectivity index (χ0v) is 18.5. The van der Waals surface area contributed by atoms with Gasteiger partial charge < -0.3 is 0 Å². The number of aromatic nitrogens is 1. The average Bonchev–Trinajstić information content (AvgIpc) is 2.57. The molecule has 0 aliphatic carbocycles. The third-order valence-electron chi connectivity index (χ3n) is 5.67. The van der Waals surface area contributed by atoms with Crippen LogP contribution in [0.25, 0.3) is 22.0 Å². The van der Waals surface area contributed by atoms with Crippen LogP contribution in [0, 0.1) is 40.0 Å². The van der Waals surface area contributed by atoms with Crippen LogP contribution in [0.3, 0.4) is 0 Å². The van der Waals surface area contributed by atoms with Crippen LogP contribution >= 0.6 is 0 Å². The van der Waals surface area contributed by atoms with Gasteiger partial charge in [0.15, 0.2) is 5.69 Å². The Morgan fingerprint density at radius 2 is 1.59 bits per heavy atom. The van der Waals surface area contributed by atoms with Crippen LogP contribution in [0.15, 0.2) is 30.3 Å². The van der Waals surface area contributed by atoms with Gasteiger partial charge >= 0.3 is 0 Å². The van der Waals surface area contributed by atoms with Crippen LogP contribution in [0.2, 0.25) is 0 Å². The molecule has 0 spiro atoms. The van der Waals surface area contributed by atoms with Crippen molar-refractivity contribution in [2.24, 2.45) is 12.5 Å². The van der Waals surface area contributed by atoms with Crippen molar-refractivity contribution in [3.05, 3.63) is 63.8 Å². The highest BCUT2D eigenvalue weighted by Gasteiger charge is 2.22. The van der Waals surface area contributed by atoms with Crippen LogP contribution in [0.4, 0.5) is 0 Å². The SMILES string of the molecule is [2H]c1c(C)[n+](C)c(-c2cc(C)cc(C)c2C)c2cc(C)c(CC(C)(C)C)cc12. The molecule has 0 atom stereocenters. The highest BCUT2D eigenvalue weighted by molar-refractivity contribution is 5.95. The lowest BCUT2D eigenvalue weighted by atomic mass is 9.85. The van der Waals surface area contributed by atoms with E-state index in [0.717, 1.165) is 17.5 Å².